The molecule has 190 valence electrons. The van der Waals surface area contributed by atoms with Gasteiger partial charge in [0.2, 0.25) is 0 Å². The number of ether oxygens (including phenoxy) is 2. The van der Waals surface area contributed by atoms with Gasteiger partial charge in [-0.05, 0) is 86.1 Å². The van der Waals surface area contributed by atoms with Crippen LogP contribution in [0.3, 0.4) is 0 Å². The summed E-state index contributed by atoms with van der Waals surface area (Å²) in [5, 5.41) is 0. The van der Waals surface area contributed by atoms with Crippen LogP contribution in [0.4, 0.5) is 0 Å². The van der Waals surface area contributed by atoms with E-state index >= 15 is 0 Å². The molecule has 4 nitrogen and oxygen atoms in total. The number of piperidine rings is 1. The van der Waals surface area contributed by atoms with Gasteiger partial charge in [-0.15, -0.1) is 0 Å². The van der Waals surface area contributed by atoms with Gasteiger partial charge >= 0.3 is 0 Å². The molecule has 0 bridgehead atoms. The predicted octanol–water partition coefficient (Wildman–Crippen LogP) is 7.19. The van der Waals surface area contributed by atoms with Crippen molar-refractivity contribution in [3.63, 3.8) is 0 Å². The Morgan fingerprint density at radius 1 is 0.750 bits per heavy atom. The molecular weight excluding hydrogens is 466 g/mol. The zero-order valence-electron chi connectivity index (χ0n) is 21.2. The highest BCUT2D eigenvalue weighted by Crippen LogP contribution is 2.27. The first-order chi connectivity index (χ1) is 17.6. The van der Waals surface area contributed by atoms with Crippen LogP contribution in [0.25, 0.3) is 11.1 Å². The normalized spacial score (nSPS) is 18.6. The number of benzene rings is 3. The maximum Gasteiger partial charge on any atom is 0.127 e. The van der Waals surface area contributed by atoms with Crippen molar-refractivity contribution in [1.82, 2.24) is 4.31 Å². The number of hydrogen-bond acceptors (Lipinski definition) is 3. The topological polar surface area (TPSA) is 38.8 Å². The zero-order valence-corrected chi connectivity index (χ0v) is 22.1. The fourth-order valence-electron chi connectivity index (χ4n) is 5.15. The standard InChI is InChI=1S/C31H37NO3S/c1-24-7-9-26(10-8-24)27-11-13-29(14-12-27)35-30-19-21-32(22-20-30)36(33)31-17-15-28(16-18-31)34-23-25-5-3-2-4-6-25/h7-18,25,30H,2-6,19-23H2,1H3. The van der Waals surface area contributed by atoms with Gasteiger partial charge in [0.05, 0.1) is 11.5 Å². The van der Waals surface area contributed by atoms with E-state index in [0.29, 0.717) is 5.92 Å². The summed E-state index contributed by atoms with van der Waals surface area (Å²) in [6.07, 6.45) is 8.46. The average molecular weight is 504 g/mol. The van der Waals surface area contributed by atoms with E-state index in [9.17, 15) is 4.21 Å². The highest BCUT2D eigenvalue weighted by molar-refractivity contribution is 7.82. The Balaban J connectivity index is 1.08. The fraction of sp³-hybridized carbons (Fsp3) is 0.419. The zero-order chi connectivity index (χ0) is 24.7. The minimum absolute atomic E-state index is 0.152. The molecule has 1 aliphatic heterocycles. The Kier molecular flexibility index (Phi) is 8.40. The van der Waals surface area contributed by atoms with Gasteiger partial charge in [0.25, 0.3) is 0 Å². The third-order valence-corrected chi connectivity index (χ3v) is 8.92. The van der Waals surface area contributed by atoms with Gasteiger partial charge in [-0.1, -0.05) is 61.2 Å². The van der Waals surface area contributed by atoms with E-state index in [-0.39, 0.29) is 6.10 Å². The van der Waals surface area contributed by atoms with Gasteiger partial charge in [0.1, 0.15) is 28.6 Å². The lowest BCUT2D eigenvalue weighted by molar-refractivity contribution is 0.137. The van der Waals surface area contributed by atoms with Crippen LogP contribution in [0.1, 0.15) is 50.5 Å². The van der Waals surface area contributed by atoms with Crippen LogP contribution in [0.15, 0.2) is 77.7 Å². The van der Waals surface area contributed by atoms with Crippen molar-refractivity contribution in [1.29, 1.82) is 0 Å². The minimum Gasteiger partial charge on any atom is -0.493 e. The Morgan fingerprint density at radius 2 is 1.33 bits per heavy atom. The quantitative estimate of drug-likeness (QED) is 0.327. The van der Waals surface area contributed by atoms with Gasteiger partial charge in [-0.25, -0.2) is 8.51 Å². The highest BCUT2D eigenvalue weighted by atomic mass is 32.2. The number of nitrogens with zero attached hydrogens (tertiary/aromatic N) is 1. The number of aryl methyl sites for hydroxylation is 1. The first-order valence-corrected chi connectivity index (χ1v) is 14.5. The summed E-state index contributed by atoms with van der Waals surface area (Å²) in [4.78, 5) is 0.839. The molecule has 3 aromatic rings. The Morgan fingerprint density at radius 3 is 1.97 bits per heavy atom. The van der Waals surface area contributed by atoms with Crippen molar-refractivity contribution in [3.05, 3.63) is 78.4 Å². The molecule has 5 rings (SSSR count). The molecular formula is C31H37NO3S. The Hall–Kier alpha value is -2.63. The molecule has 1 saturated carbocycles. The van der Waals surface area contributed by atoms with Crippen molar-refractivity contribution >= 4 is 11.0 Å². The van der Waals surface area contributed by atoms with Crippen molar-refractivity contribution in [3.8, 4) is 22.6 Å². The van der Waals surface area contributed by atoms with Gasteiger partial charge in [0, 0.05) is 13.1 Å². The van der Waals surface area contributed by atoms with Crippen LogP contribution in [-0.4, -0.2) is 34.3 Å². The van der Waals surface area contributed by atoms with Crippen LogP contribution >= 0.6 is 0 Å². The molecule has 1 unspecified atom stereocenters. The van der Waals surface area contributed by atoms with Gasteiger partial charge in [0.15, 0.2) is 0 Å². The van der Waals surface area contributed by atoms with Crippen molar-refractivity contribution in [2.75, 3.05) is 19.7 Å². The van der Waals surface area contributed by atoms with Crippen molar-refractivity contribution in [2.45, 2.75) is 62.9 Å². The van der Waals surface area contributed by atoms with Crippen LogP contribution in [0.2, 0.25) is 0 Å². The Bertz CT molecular complexity index is 1110. The second-order valence-electron chi connectivity index (χ2n) is 10.2. The molecule has 1 aliphatic carbocycles. The molecule has 36 heavy (non-hydrogen) atoms. The summed E-state index contributed by atoms with van der Waals surface area (Å²) in [7, 11) is -1.15. The summed E-state index contributed by atoms with van der Waals surface area (Å²) in [6.45, 7) is 4.42. The molecule has 2 fully saturated rings. The maximum atomic E-state index is 13.1. The third kappa shape index (κ3) is 6.57. The summed E-state index contributed by atoms with van der Waals surface area (Å²) in [5.74, 6) is 2.46. The molecule has 1 saturated heterocycles. The summed E-state index contributed by atoms with van der Waals surface area (Å²) in [6, 6.07) is 24.7. The molecule has 0 radical (unpaired) electrons. The van der Waals surface area contributed by atoms with Crippen LogP contribution in [0.5, 0.6) is 11.5 Å². The summed E-state index contributed by atoms with van der Waals surface area (Å²) < 4.78 is 27.4. The summed E-state index contributed by atoms with van der Waals surface area (Å²) >= 11 is 0. The monoisotopic (exact) mass is 503 g/mol. The lowest BCUT2D eigenvalue weighted by Crippen LogP contribution is -2.39. The molecule has 0 N–H and O–H groups in total. The largest absolute Gasteiger partial charge is 0.493 e. The SMILES string of the molecule is Cc1ccc(-c2ccc(OC3CCN(S(=O)c4ccc(OCC5CCCCC5)cc4)CC3)cc2)cc1. The van der Waals surface area contributed by atoms with Crippen LogP contribution in [-0.2, 0) is 11.0 Å². The molecule has 3 aromatic carbocycles. The lowest BCUT2D eigenvalue weighted by atomic mass is 9.90. The lowest BCUT2D eigenvalue weighted by Gasteiger charge is -2.31. The smallest absolute Gasteiger partial charge is 0.127 e. The molecule has 1 atom stereocenters. The van der Waals surface area contributed by atoms with E-state index in [0.717, 1.165) is 48.9 Å². The van der Waals surface area contributed by atoms with E-state index in [4.69, 9.17) is 9.47 Å². The second-order valence-corrected chi connectivity index (χ2v) is 11.7. The first-order valence-electron chi connectivity index (χ1n) is 13.4. The molecule has 0 spiro atoms. The molecule has 2 aliphatic rings. The highest BCUT2D eigenvalue weighted by Gasteiger charge is 2.25. The molecule has 0 amide bonds. The maximum absolute atomic E-state index is 13.1. The second kappa shape index (κ2) is 12.1. The fourth-order valence-corrected chi connectivity index (χ4v) is 6.36. The van der Waals surface area contributed by atoms with E-state index in [2.05, 4.69) is 59.8 Å². The van der Waals surface area contributed by atoms with Gasteiger partial charge < -0.3 is 9.47 Å². The predicted molar refractivity (Wildman–Crippen MR) is 147 cm³/mol. The molecule has 0 aromatic heterocycles. The first kappa shape index (κ1) is 25.0. The van der Waals surface area contributed by atoms with Crippen molar-refractivity contribution < 1.29 is 13.7 Å². The molecule has 1 heterocycles. The average Bonchev–Trinajstić information content (AvgIpc) is 2.94. The van der Waals surface area contributed by atoms with Crippen LogP contribution < -0.4 is 9.47 Å². The Labute approximate surface area is 218 Å². The molecule has 5 heteroatoms. The van der Waals surface area contributed by atoms with E-state index < -0.39 is 11.0 Å². The van der Waals surface area contributed by atoms with E-state index in [1.807, 2.05) is 24.3 Å². The van der Waals surface area contributed by atoms with Crippen LogP contribution in [0, 0.1) is 12.8 Å². The third-order valence-electron chi connectivity index (χ3n) is 7.41. The minimum atomic E-state index is -1.15. The number of hydrogen-bond donors (Lipinski definition) is 0. The summed E-state index contributed by atoms with van der Waals surface area (Å²) in [5.41, 5.74) is 3.67. The van der Waals surface area contributed by atoms with Gasteiger partial charge in [-0.2, -0.15) is 0 Å². The van der Waals surface area contributed by atoms with E-state index in [1.54, 1.807) is 0 Å². The van der Waals surface area contributed by atoms with Gasteiger partial charge in [-0.3, -0.25) is 0 Å². The van der Waals surface area contributed by atoms with Crippen molar-refractivity contribution in [2.24, 2.45) is 5.92 Å². The van der Waals surface area contributed by atoms with E-state index in [1.165, 1.54) is 48.8 Å². The number of rotatable bonds is 8.